The van der Waals surface area contributed by atoms with Gasteiger partial charge in [-0.2, -0.15) is 5.10 Å². The molecule has 2 atom stereocenters. The van der Waals surface area contributed by atoms with Crippen LogP contribution in [0.1, 0.15) is 65.7 Å². The number of carbonyl (C=O) groups excluding carboxylic acids is 2. The molecule has 1 fully saturated rings. The molecule has 7 nitrogen and oxygen atoms in total. The number of ether oxygens (including phenoxy) is 1. The van der Waals surface area contributed by atoms with E-state index in [9.17, 15) is 14.0 Å². The predicted octanol–water partition coefficient (Wildman–Crippen LogP) is 6.22. The van der Waals surface area contributed by atoms with Crippen LogP contribution in [0.2, 0.25) is 5.02 Å². The highest BCUT2D eigenvalue weighted by atomic mass is 35.5. The highest BCUT2D eigenvalue weighted by molar-refractivity contribution is 6.31. The van der Waals surface area contributed by atoms with Crippen molar-refractivity contribution in [1.82, 2.24) is 14.7 Å². The van der Waals surface area contributed by atoms with E-state index in [1.54, 1.807) is 24.2 Å². The average Bonchev–Trinajstić information content (AvgIpc) is 3.57. The maximum absolute atomic E-state index is 14.6. The quantitative estimate of drug-likeness (QED) is 0.370. The van der Waals surface area contributed by atoms with Gasteiger partial charge in [-0.15, -0.1) is 0 Å². The second-order valence-electron chi connectivity index (χ2n) is 9.53. The van der Waals surface area contributed by atoms with Gasteiger partial charge in [0.05, 0.1) is 34.1 Å². The standard InChI is InChI=1S/C27H28ClFN4O3/c1-32(13-5-8-23-24-21(31-27(35)36-23)12-11-20(28)25(24)29)26(34)19-15-30-33(16-19)22(14-17-9-10-17)18-6-3-2-4-7-18/h2-4,6-7,11-12,15-17,22-23H,5,8-10,13-14H2,1H3,(H,31,35). The lowest BCUT2D eigenvalue weighted by Gasteiger charge is -2.27. The third-order valence-electron chi connectivity index (χ3n) is 6.85. The number of halogens is 2. The summed E-state index contributed by atoms with van der Waals surface area (Å²) >= 11 is 5.93. The van der Waals surface area contributed by atoms with Crippen LogP contribution < -0.4 is 5.32 Å². The molecule has 0 spiro atoms. The van der Waals surface area contributed by atoms with Crippen molar-refractivity contribution in [1.29, 1.82) is 0 Å². The summed E-state index contributed by atoms with van der Waals surface area (Å²) in [6.45, 7) is 0.410. The summed E-state index contributed by atoms with van der Waals surface area (Å²) < 4.78 is 21.8. The zero-order chi connectivity index (χ0) is 25.2. The molecule has 1 aliphatic heterocycles. The summed E-state index contributed by atoms with van der Waals surface area (Å²) in [6.07, 6.45) is 6.38. The van der Waals surface area contributed by atoms with Gasteiger partial charge >= 0.3 is 6.09 Å². The fourth-order valence-electron chi connectivity index (χ4n) is 4.72. The number of anilines is 1. The number of fused-ring (bicyclic) bond motifs is 1. The smallest absolute Gasteiger partial charge is 0.412 e. The Labute approximate surface area is 214 Å². The summed E-state index contributed by atoms with van der Waals surface area (Å²) in [6, 6.07) is 13.3. The number of nitrogens with zero attached hydrogens (tertiary/aromatic N) is 3. The lowest BCUT2D eigenvalue weighted by Crippen LogP contribution is -2.29. The second-order valence-corrected chi connectivity index (χ2v) is 9.93. The van der Waals surface area contributed by atoms with Crippen molar-refractivity contribution >= 4 is 29.3 Å². The predicted molar refractivity (Wildman–Crippen MR) is 135 cm³/mol. The minimum absolute atomic E-state index is 0.0294. The molecule has 1 saturated carbocycles. The molecule has 2 aromatic carbocycles. The summed E-state index contributed by atoms with van der Waals surface area (Å²) in [7, 11) is 1.72. The number of hydrogen-bond donors (Lipinski definition) is 1. The number of benzene rings is 2. The van der Waals surface area contributed by atoms with Crippen LogP contribution in [-0.4, -0.2) is 40.3 Å². The Balaban J connectivity index is 1.22. The molecular formula is C27H28ClFN4O3. The Morgan fingerprint density at radius 3 is 2.81 bits per heavy atom. The molecule has 2 heterocycles. The van der Waals surface area contributed by atoms with Gasteiger partial charge in [0.2, 0.25) is 0 Å². The number of cyclic esters (lactones) is 1. The molecule has 9 heteroatoms. The van der Waals surface area contributed by atoms with E-state index in [1.807, 2.05) is 29.1 Å². The molecule has 2 aliphatic rings. The molecule has 1 N–H and O–H groups in total. The van der Waals surface area contributed by atoms with Gasteiger partial charge in [0.15, 0.2) is 5.82 Å². The molecular weight excluding hydrogens is 483 g/mol. The Bertz CT molecular complexity index is 1260. The second kappa shape index (κ2) is 10.3. The summed E-state index contributed by atoms with van der Waals surface area (Å²) in [5.74, 6) is -0.0400. The van der Waals surface area contributed by atoms with Crippen LogP contribution in [0, 0.1) is 11.7 Å². The molecule has 3 aromatic rings. The van der Waals surface area contributed by atoms with Gasteiger partial charge in [0, 0.05) is 19.8 Å². The molecule has 36 heavy (non-hydrogen) atoms. The first-order chi connectivity index (χ1) is 17.4. The number of aromatic nitrogens is 2. The van der Waals surface area contributed by atoms with E-state index in [-0.39, 0.29) is 22.5 Å². The van der Waals surface area contributed by atoms with E-state index < -0.39 is 18.0 Å². The third kappa shape index (κ3) is 5.23. The van der Waals surface area contributed by atoms with Crippen LogP contribution in [0.3, 0.4) is 0 Å². The van der Waals surface area contributed by atoms with E-state index in [0.29, 0.717) is 36.6 Å². The fraction of sp³-hybridized carbons (Fsp3) is 0.370. The first-order valence-electron chi connectivity index (χ1n) is 12.2. The highest BCUT2D eigenvalue weighted by Crippen LogP contribution is 2.40. The van der Waals surface area contributed by atoms with Crippen LogP contribution in [0.4, 0.5) is 14.9 Å². The van der Waals surface area contributed by atoms with Crippen LogP contribution in [-0.2, 0) is 4.74 Å². The fourth-order valence-corrected chi connectivity index (χ4v) is 4.88. The molecule has 2 unspecified atom stereocenters. The lowest BCUT2D eigenvalue weighted by molar-refractivity contribution is 0.0759. The van der Waals surface area contributed by atoms with Gasteiger partial charge in [-0.3, -0.25) is 14.8 Å². The zero-order valence-corrected chi connectivity index (χ0v) is 20.7. The largest absolute Gasteiger partial charge is 0.441 e. The summed E-state index contributed by atoms with van der Waals surface area (Å²) in [4.78, 5) is 26.6. The summed E-state index contributed by atoms with van der Waals surface area (Å²) in [5.41, 5.74) is 2.30. The third-order valence-corrected chi connectivity index (χ3v) is 7.14. The Hall–Kier alpha value is -3.39. The van der Waals surface area contributed by atoms with Gasteiger partial charge in [0.25, 0.3) is 5.91 Å². The molecule has 2 amide bonds. The Morgan fingerprint density at radius 1 is 1.28 bits per heavy atom. The van der Waals surface area contributed by atoms with Crippen molar-refractivity contribution in [2.24, 2.45) is 5.92 Å². The monoisotopic (exact) mass is 510 g/mol. The number of hydrogen-bond acceptors (Lipinski definition) is 4. The van der Waals surface area contributed by atoms with Gasteiger partial charge in [0.1, 0.15) is 6.10 Å². The van der Waals surface area contributed by atoms with E-state index in [2.05, 4.69) is 22.5 Å². The Kier molecular flexibility index (Phi) is 6.96. The van der Waals surface area contributed by atoms with Crippen LogP contribution in [0.15, 0.2) is 54.9 Å². The van der Waals surface area contributed by atoms with E-state index in [4.69, 9.17) is 16.3 Å². The van der Waals surface area contributed by atoms with Gasteiger partial charge < -0.3 is 9.64 Å². The van der Waals surface area contributed by atoms with Crippen LogP contribution in [0.5, 0.6) is 0 Å². The first-order valence-corrected chi connectivity index (χ1v) is 12.6. The maximum atomic E-state index is 14.6. The maximum Gasteiger partial charge on any atom is 0.412 e. The molecule has 188 valence electrons. The number of nitrogens with one attached hydrogen (secondary N) is 1. The minimum Gasteiger partial charge on any atom is -0.441 e. The highest BCUT2D eigenvalue weighted by Gasteiger charge is 2.31. The van der Waals surface area contributed by atoms with E-state index in [0.717, 1.165) is 6.42 Å². The van der Waals surface area contributed by atoms with Crippen molar-refractivity contribution in [3.63, 3.8) is 0 Å². The van der Waals surface area contributed by atoms with Crippen molar-refractivity contribution in [2.75, 3.05) is 18.9 Å². The van der Waals surface area contributed by atoms with E-state index >= 15 is 0 Å². The number of rotatable bonds is 9. The molecule has 5 rings (SSSR count). The molecule has 1 aliphatic carbocycles. The van der Waals surface area contributed by atoms with E-state index in [1.165, 1.54) is 24.5 Å². The molecule has 0 bridgehead atoms. The average molecular weight is 511 g/mol. The van der Waals surface area contributed by atoms with Crippen molar-refractivity contribution in [3.8, 4) is 0 Å². The molecule has 0 saturated heterocycles. The number of amides is 2. The van der Waals surface area contributed by atoms with Gasteiger partial charge in [-0.25, -0.2) is 9.18 Å². The zero-order valence-electron chi connectivity index (χ0n) is 20.0. The topological polar surface area (TPSA) is 76.5 Å². The van der Waals surface area contributed by atoms with Gasteiger partial charge in [-0.05, 0) is 42.9 Å². The molecule has 1 aromatic heterocycles. The molecule has 0 radical (unpaired) electrons. The van der Waals surface area contributed by atoms with Crippen molar-refractivity contribution in [3.05, 3.63) is 82.4 Å². The van der Waals surface area contributed by atoms with Crippen LogP contribution in [0.25, 0.3) is 0 Å². The van der Waals surface area contributed by atoms with Crippen molar-refractivity contribution < 1.29 is 18.7 Å². The van der Waals surface area contributed by atoms with Crippen molar-refractivity contribution in [2.45, 2.75) is 44.2 Å². The normalized spacial score (nSPS) is 17.6. The lowest BCUT2D eigenvalue weighted by atomic mass is 10.0. The minimum atomic E-state index is -0.771. The SMILES string of the molecule is CN(CCCC1OC(=O)Nc2ccc(Cl)c(F)c21)C(=O)c1cnn(C(CC2CC2)c2ccccc2)c1. The van der Waals surface area contributed by atoms with Crippen LogP contribution >= 0.6 is 11.6 Å². The van der Waals surface area contributed by atoms with Gasteiger partial charge in [-0.1, -0.05) is 54.8 Å². The first kappa shape index (κ1) is 24.3. The number of carbonyl (C=O) groups is 2. The summed E-state index contributed by atoms with van der Waals surface area (Å²) in [5, 5.41) is 7.01. The Morgan fingerprint density at radius 2 is 2.06 bits per heavy atom.